The summed E-state index contributed by atoms with van der Waals surface area (Å²) in [5.74, 6) is 0. The highest BCUT2D eigenvalue weighted by Gasteiger charge is 2.45. The third-order valence-electron chi connectivity index (χ3n) is 8.84. The lowest BCUT2D eigenvalue weighted by Gasteiger charge is -2.54. The third kappa shape index (κ3) is 4.86. The normalized spacial score (nSPS) is 18.8. The third-order valence-corrected chi connectivity index (χ3v) is 8.84. The lowest BCUT2D eigenvalue weighted by atomic mass is 9.70. The zero-order chi connectivity index (χ0) is 24.1. The van der Waals surface area contributed by atoms with E-state index in [4.69, 9.17) is 0 Å². The molecule has 34 heavy (non-hydrogen) atoms. The summed E-state index contributed by atoms with van der Waals surface area (Å²) in [7, 11) is 0. The van der Waals surface area contributed by atoms with Crippen LogP contribution >= 0.6 is 0 Å². The van der Waals surface area contributed by atoms with Crippen molar-refractivity contribution in [2.75, 3.05) is 4.90 Å². The number of benzene rings is 2. The van der Waals surface area contributed by atoms with E-state index >= 15 is 0 Å². The fraction of sp³-hybridized carbons (Fsp3) is 0.576. The van der Waals surface area contributed by atoms with Crippen LogP contribution in [0.3, 0.4) is 0 Å². The van der Waals surface area contributed by atoms with Crippen molar-refractivity contribution in [2.24, 2.45) is 0 Å². The maximum atomic E-state index is 4.43. The van der Waals surface area contributed by atoms with Crippen molar-refractivity contribution in [3.63, 3.8) is 0 Å². The van der Waals surface area contributed by atoms with Gasteiger partial charge in [0, 0.05) is 11.7 Å². The van der Waals surface area contributed by atoms with Gasteiger partial charge in [-0.1, -0.05) is 89.4 Å². The van der Waals surface area contributed by atoms with Crippen LogP contribution < -0.4 is 4.90 Å². The van der Waals surface area contributed by atoms with Gasteiger partial charge in [-0.25, -0.2) is 0 Å². The number of aryl methyl sites for hydroxylation is 4. The van der Waals surface area contributed by atoms with E-state index in [9.17, 15) is 0 Å². The Bertz CT molecular complexity index is 968. The number of hydrogen-bond acceptors (Lipinski definition) is 1. The molecule has 4 rings (SSSR count). The zero-order valence-corrected chi connectivity index (χ0v) is 22.4. The first-order valence-electron chi connectivity index (χ1n) is 14.3. The van der Waals surface area contributed by atoms with Crippen molar-refractivity contribution in [1.82, 2.24) is 0 Å². The molecule has 2 aromatic rings. The first-order valence-corrected chi connectivity index (χ1v) is 14.3. The van der Waals surface area contributed by atoms with E-state index in [0.717, 1.165) is 38.5 Å². The summed E-state index contributed by atoms with van der Waals surface area (Å²) in [6.45, 7) is 13.7. The average molecular weight is 458 g/mol. The molecule has 1 heteroatoms. The summed E-state index contributed by atoms with van der Waals surface area (Å²) >= 11 is 0. The molecule has 0 aromatic heterocycles. The summed E-state index contributed by atoms with van der Waals surface area (Å²) in [6.07, 6.45) is 15.9. The molecule has 0 aliphatic heterocycles. The van der Waals surface area contributed by atoms with E-state index in [1.807, 2.05) is 0 Å². The standard InChI is InChI=1S/C33H47N/c1-6-26-15-17-31(28(8-3)23-26)33(21-19-25(5)20-22-33)34(30-13-11-10-12-14-30)32-18-16-27(7-2)24-29(32)9-4/h15-18,23-24,30H,5-14,19-22H2,1-4H3. The minimum atomic E-state index is 0.0679. The van der Waals surface area contributed by atoms with Crippen LogP contribution in [0.4, 0.5) is 5.69 Å². The molecule has 0 saturated heterocycles. The van der Waals surface area contributed by atoms with Gasteiger partial charge >= 0.3 is 0 Å². The largest absolute Gasteiger partial charge is 0.359 e. The van der Waals surface area contributed by atoms with Gasteiger partial charge < -0.3 is 4.90 Å². The zero-order valence-electron chi connectivity index (χ0n) is 22.4. The molecule has 2 saturated carbocycles. The second kappa shape index (κ2) is 11.1. The molecule has 0 bridgehead atoms. The lowest BCUT2D eigenvalue weighted by Crippen LogP contribution is -2.54. The van der Waals surface area contributed by atoms with Crippen LogP contribution in [0.2, 0.25) is 0 Å². The van der Waals surface area contributed by atoms with E-state index < -0.39 is 0 Å². The Morgan fingerprint density at radius 2 is 1.35 bits per heavy atom. The maximum absolute atomic E-state index is 4.43. The van der Waals surface area contributed by atoms with Gasteiger partial charge in [-0.3, -0.25) is 0 Å². The van der Waals surface area contributed by atoms with Gasteiger partial charge in [0.15, 0.2) is 0 Å². The predicted molar refractivity (Wildman–Crippen MR) is 149 cm³/mol. The predicted octanol–water partition coefficient (Wildman–Crippen LogP) is 9.10. The molecule has 2 aromatic carbocycles. The molecule has 1 nitrogen and oxygen atoms in total. The van der Waals surface area contributed by atoms with Gasteiger partial charge in [0.25, 0.3) is 0 Å². The van der Waals surface area contributed by atoms with Crippen LogP contribution in [-0.4, -0.2) is 6.04 Å². The molecular formula is C33H47N. The van der Waals surface area contributed by atoms with Gasteiger partial charge in [-0.2, -0.15) is 0 Å². The molecular weight excluding hydrogens is 410 g/mol. The van der Waals surface area contributed by atoms with E-state index in [0.29, 0.717) is 6.04 Å². The van der Waals surface area contributed by atoms with Crippen molar-refractivity contribution >= 4 is 5.69 Å². The summed E-state index contributed by atoms with van der Waals surface area (Å²) in [6, 6.07) is 15.5. The summed E-state index contributed by atoms with van der Waals surface area (Å²) in [5, 5.41) is 0. The minimum absolute atomic E-state index is 0.0679. The highest BCUT2D eigenvalue weighted by molar-refractivity contribution is 5.61. The molecule has 184 valence electrons. The van der Waals surface area contributed by atoms with Crippen LogP contribution in [0.15, 0.2) is 48.6 Å². The second-order valence-electron chi connectivity index (χ2n) is 10.8. The van der Waals surface area contributed by atoms with Crippen LogP contribution in [0.1, 0.15) is 113 Å². The van der Waals surface area contributed by atoms with E-state index in [1.54, 1.807) is 11.1 Å². The van der Waals surface area contributed by atoms with Crippen molar-refractivity contribution < 1.29 is 0 Å². The first kappa shape index (κ1) is 25.1. The van der Waals surface area contributed by atoms with Gasteiger partial charge in [0.1, 0.15) is 0 Å². The maximum Gasteiger partial charge on any atom is 0.0665 e. The smallest absolute Gasteiger partial charge is 0.0665 e. The van der Waals surface area contributed by atoms with E-state index in [1.165, 1.54) is 72.9 Å². The fourth-order valence-electron chi connectivity index (χ4n) is 6.76. The molecule has 2 aliphatic carbocycles. The van der Waals surface area contributed by atoms with E-state index in [2.05, 4.69) is 75.6 Å². The highest BCUT2D eigenvalue weighted by Crippen LogP contribution is 2.50. The SMILES string of the molecule is C=C1CCC(c2ccc(CC)cc2CC)(N(c2ccc(CC)cc2CC)C2CCCCC2)CC1. The lowest BCUT2D eigenvalue weighted by molar-refractivity contribution is 0.259. The Morgan fingerprint density at radius 3 is 1.94 bits per heavy atom. The van der Waals surface area contributed by atoms with Crippen LogP contribution in [0.5, 0.6) is 0 Å². The molecule has 2 fully saturated rings. The second-order valence-corrected chi connectivity index (χ2v) is 10.8. The van der Waals surface area contributed by atoms with Gasteiger partial charge in [0.2, 0.25) is 0 Å². The topological polar surface area (TPSA) is 3.24 Å². The Balaban J connectivity index is 1.94. The average Bonchev–Trinajstić information content (AvgIpc) is 2.90. The number of allylic oxidation sites excluding steroid dienone is 1. The van der Waals surface area contributed by atoms with Crippen LogP contribution in [0.25, 0.3) is 0 Å². The molecule has 0 amide bonds. The molecule has 0 N–H and O–H groups in total. The summed E-state index contributed by atoms with van der Waals surface area (Å²) in [5.41, 5.74) is 10.7. The quantitative estimate of drug-likeness (QED) is 0.357. The molecule has 0 unspecified atom stereocenters. The fourth-order valence-corrected chi connectivity index (χ4v) is 6.76. The number of rotatable bonds is 8. The van der Waals surface area contributed by atoms with Crippen LogP contribution in [0, 0.1) is 0 Å². The van der Waals surface area contributed by atoms with E-state index in [-0.39, 0.29) is 5.54 Å². The number of anilines is 1. The van der Waals surface area contributed by atoms with Crippen molar-refractivity contribution in [1.29, 1.82) is 0 Å². The Labute approximate surface area is 209 Å². The number of hydrogen-bond donors (Lipinski definition) is 0. The minimum Gasteiger partial charge on any atom is -0.359 e. The summed E-state index contributed by atoms with van der Waals surface area (Å²) in [4.78, 5) is 2.98. The molecule has 0 radical (unpaired) electrons. The monoisotopic (exact) mass is 457 g/mol. The van der Waals surface area contributed by atoms with Crippen LogP contribution in [-0.2, 0) is 31.2 Å². The Morgan fingerprint density at radius 1 is 0.765 bits per heavy atom. The Hall–Kier alpha value is -2.02. The van der Waals surface area contributed by atoms with Gasteiger partial charge in [-0.15, -0.1) is 0 Å². The summed E-state index contributed by atoms with van der Waals surface area (Å²) < 4.78 is 0. The first-order chi connectivity index (χ1) is 16.6. The van der Waals surface area contributed by atoms with Gasteiger partial charge in [-0.05, 0) is 98.1 Å². The Kier molecular flexibility index (Phi) is 8.22. The van der Waals surface area contributed by atoms with Crippen molar-refractivity contribution in [3.05, 3.63) is 76.4 Å². The molecule has 0 heterocycles. The molecule has 0 spiro atoms. The van der Waals surface area contributed by atoms with Gasteiger partial charge in [0.05, 0.1) is 5.54 Å². The molecule has 2 aliphatic rings. The van der Waals surface area contributed by atoms with Crippen molar-refractivity contribution in [3.8, 4) is 0 Å². The molecule has 0 atom stereocenters. The highest BCUT2D eigenvalue weighted by atomic mass is 15.2. The van der Waals surface area contributed by atoms with Crippen molar-refractivity contribution in [2.45, 2.75) is 123 Å². The number of nitrogens with zero attached hydrogens (tertiary/aromatic N) is 1.